The van der Waals surface area contributed by atoms with Crippen LogP contribution in [0.2, 0.25) is 0 Å². The highest BCUT2D eigenvalue weighted by atomic mass is 16.5. The molecule has 1 aliphatic heterocycles. The Kier molecular flexibility index (Phi) is 7.73. The molecule has 5 rings (SSSR count). The summed E-state index contributed by atoms with van der Waals surface area (Å²) in [5, 5.41) is 11.5. The van der Waals surface area contributed by atoms with E-state index in [-0.39, 0.29) is 24.0 Å². The minimum atomic E-state index is -0.850. The molecule has 1 saturated heterocycles. The maximum absolute atomic E-state index is 13.4. The highest BCUT2D eigenvalue weighted by Gasteiger charge is 2.46. The smallest absolute Gasteiger partial charge is 0.296 e. The number of hydrogen-bond donors (Lipinski definition) is 1. The second kappa shape index (κ2) is 11.5. The number of hydrogen-bond acceptors (Lipinski definition) is 6. The average Bonchev–Trinajstić information content (AvgIpc) is 3.55. The topological polar surface area (TPSA) is 89.2 Å². The number of benzene rings is 3. The Morgan fingerprint density at radius 1 is 0.975 bits per heavy atom. The van der Waals surface area contributed by atoms with E-state index < -0.39 is 17.7 Å². The average molecular weight is 538 g/mol. The molecule has 0 spiro atoms. The molecule has 1 aromatic heterocycles. The first-order valence-corrected chi connectivity index (χ1v) is 13.2. The van der Waals surface area contributed by atoms with Crippen molar-refractivity contribution in [3.63, 3.8) is 0 Å². The van der Waals surface area contributed by atoms with Crippen LogP contribution in [0.3, 0.4) is 0 Å². The molecule has 7 heteroatoms. The van der Waals surface area contributed by atoms with Crippen molar-refractivity contribution in [2.75, 3.05) is 0 Å². The molecule has 0 saturated carbocycles. The van der Waals surface area contributed by atoms with Crippen molar-refractivity contribution in [3.05, 3.63) is 125 Å². The van der Waals surface area contributed by atoms with Crippen LogP contribution in [0.25, 0.3) is 5.76 Å². The molecule has 3 aromatic carbocycles. The fraction of sp³-hybridized carbons (Fsp3) is 0.212. The number of aliphatic hydroxyl groups is 1. The number of furan rings is 1. The van der Waals surface area contributed by atoms with Gasteiger partial charge in [0, 0.05) is 5.56 Å². The molecule has 1 unspecified atom stereocenters. The second-order valence-electron chi connectivity index (χ2n) is 10.0. The molecule has 1 aliphatic rings. The van der Waals surface area contributed by atoms with Gasteiger partial charge in [0.05, 0.1) is 30.5 Å². The molecule has 0 aliphatic carbocycles. The van der Waals surface area contributed by atoms with Gasteiger partial charge < -0.3 is 23.9 Å². The SMILES string of the molecule is Cc1cc(/C(O)=C2\C(=O)C(=O)N(Cc3ccco3)C2c2cccc(OCc3ccccc3)c2)ccc1OC(C)C. The van der Waals surface area contributed by atoms with Crippen LogP contribution in [-0.2, 0) is 22.7 Å². The number of carbonyl (C=O) groups is 2. The Labute approximate surface area is 233 Å². The van der Waals surface area contributed by atoms with Crippen LogP contribution in [0.5, 0.6) is 11.5 Å². The molecule has 7 nitrogen and oxygen atoms in total. The maximum Gasteiger partial charge on any atom is 0.296 e. The first-order chi connectivity index (χ1) is 19.3. The Hall–Kier alpha value is -4.78. The highest BCUT2D eigenvalue weighted by molar-refractivity contribution is 6.46. The lowest BCUT2D eigenvalue weighted by Crippen LogP contribution is -2.29. The van der Waals surface area contributed by atoms with Crippen LogP contribution in [-0.4, -0.2) is 27.8 Å². The first-order valence-electron chi connectivity index (χ1n) is 13.2. The number of likely N-dealkylation sites (tertiary alicyclic amines) is 1. The Morgan fingerprint density at radius 3 is 2.48 bits per heavy atom. The number of aliphatic hydroxyl groups excluding tert-OH is 1. The lowest BCUT2D eigenvalue weighted by molar-refractivity contribution is -0.140. The standard InChI is InChI=1S/C33H31NO6/c1-21(2)40-28-15-14-25(17-22(28)3)31(35)29-30(34(33(37)32(29)36)19-27-13-8-16-38-27)24-11-7-12-26(18-24)39-20-23-9-5-4-6-10-23/h4-18,21,30,35H,19-20H2,1-3H3/b31-29+. The van der Waals surface area contributed by atoms with Gasteiger partial charge in [-0.3, -0.25) is 9.59 Å². The minimum Gasteiger partial charge on any atom is -0.507 e. The number of amides is 1. The quantitative estimate of drug-likeness (QED) is 0.147. The second-order valence-corrected chi connectivity index (χ2v) is 10.0. The summed E-state index contributed by atoms with van der Waals surface area (Å²) < 4.78 is 17.3. The lowest BCUT2D eigenvalue weighted by atomic mass is 9.94. The summed E-state index contributed by atoms with van der Waals surface area (Å²) in [5.74, 6) is 0.0648. The third-order valence-electron chi connectivity index (χ3n) is 6.68. The van der Waals surface area contributed by atoms with Crippen molar-refractivity contribution < 1.29 is 28.6 Å². The maximum atomic E-state index is 13.4. The minimum absolute atomic E-state index is 0.00805. The van der Waals surface area contributed by atoms with Gasteiger partial charge >= 0.3 is 0 Å². The monoisotopic (exact) mass is 537 g/mol. The Bertz CT molecular complexity index is 1540. The van der Waals surface area contributed by atoms with Gasteiger partial charge in [-0.1, -0.05) is 42.5 Å². The number of carbonyl (C=O) groups excluding carboxylic acids is 2. The zero-order valence-electron chi connectivity index (χ0n) is 22.7. The highest BCUT2D eigenvalue weighted by Crippen LogP contribution is 2.41. The van der Waals surface area contributed by atoms with Crippen LogP contribution >= 0.6 is 0 Å². The van der Waals surface area contributed by atoms with Crippen LogP contribution < -0.4 is 9.47 Å². The van der Waals surface area contributed by atoms with Gasteiger partial charge in [-0.2, -0.15) is 0 Å². The zero-order valence-corrected chi connectivity index (χ0v) is 22.7. The summed E-state index contributed by atoms with van der Waals surface area (Å²) >= 11 is 0. The normalized spacial score (nSPS) is 16.5. The summed E-state index contributed by atoms with van der Waals surface area (Å²) in [6.45, 7) is 6.17. The molecular formula is C33H31NO6. The Morgan fingerprint density at radius 2 is 1.77 bits per heavy atom. The van der Waals surface area contributed by atoms with E-state index in [1.807, 2.05) is 69.3 Å². The van der Waals surface area contributed by atoms with E-state index in [0.29, 0.717) is 35.0 Å². The number of nitrogens with zero attached hydrogens (tertiary/aromatic N) is 1. The fourth-order valence-electron chi connectivity index (χ4n) is 4.81. The van der Waals surface area contributed by atoms with E-state index >= 15 is 0 Å². The predicted octanol–water partition coefficient (Wildman–Crippen LogP) is 6.58. The van der Waals surface area contributed by atoms with Gasteiger partial charge in [-0.05, 0) is 79.9 Å². The number of aryl methyl sites for hydroxylation is 1. The van der Waals surface area contributed by atoms with E-state index in [1.54, 1.807) is 36.4 Å². The molecule has 1 fully saturated rings. The van der Waals surface area contributed by atoms with Gasteiger partial charge in [-0.15, -0.1) is 0 Å². The van der Waals surface area contributed by atoms with Gasteiger partial charge in [0.15, 0.2) is 0 Å². The van der Waals surface area contributed by atoms with Crippen LogP contribution in [0.4, 0.5) is 0 Å². The van der Waals surface area contributed by atoms with E-state index in [9.17, 15) is 14.7 Å². The Balaban J connectivity index is 1.55. The summed E-state index contributed by atoms with van der Waals surface area (Å²) in [6.07, 6.45) is 1.50. The summed E-state index contributed by atoms with van der Waals surface area (Å²) in [4.78, 5) is 28.2. The third kappa shape index (κ3) is 5.64. The van der Waals surface area contributed by atoms with Crippen molar-refractivity contribution in [2.24, 2.45) is 0 Å². The lowest BCUT2D eigenvalue weighted by Gasteiger charge is -2.25. The number of ketones is 1. The number of Topliss-reactive ketones (excluding diaryl/α,β-unsaturated/α-hetero) is 1. The molecule has 40 heavy (non-hydrogen) atoms. The van der Waals surface area contributed by atoms with Crippen LogP contribution in [0, 0.1) is 6.92 Å². The largest absolute Gasteiger partial charge is 0.507 e. The molecule has 4 aromatic rings. The van der Waals surface area contributed by atoms with E-state index in [4.69, 9.17) is 13.9 Å². The third-order valence-corrected chi connectivity index (χ3v) is 6.68. The van der Waals surface area contributed by atoms with Gasteiger partial charge in [0.1, 0.15) is 29.6 Å². The molecule has 1 atom stereocenters. The summed E-state index contributed by atoms with van der Waals surface area (Å²) in [5.41, 5.74) is 2.88. The molecule has 2 heterocycles. The van der Waals surface area contributed by atoms with Crippen molar-refractivity contribution in [3.8, 4) is 11.5 Å². The summed E-state index contributed by atoms with van der Waals surface area (Å²) in [7, 11) is 0. The molecule has 1 amide bonds. The molecule has 1 N–H and O–H groups in total. The molecule has 204 valence electrons. The molecule has 0 bridgehead atoms. The van der Waals surface area contributed by atoms with E-state index in [0.717, 1.165) is 11.1 Å². The van der Waals surface area contributed by atoms with E-state index in [1.165, 1.54) is 11.2 Å². The fourth-order valence-corrected chi connectivity index (χ4v) is 4.81. The van der Waals surface area contributed by atoms with Crippen LogP contribution in [0.15, 0.2) is 101 Å². The number of rotatable bonds is 9. The first kappa shape index (κ1) is 26.8. The predicted molar refractivity (Wildman–Crippen MR) is 151 cm³/mol. The van der Waals surface area contributed by atoms with Gasteiger partial charge in [-0.25, -0.2) is 0 Å². The zero-order chi connectivity index (χ0) is 28.2. The number of ether oxygens (including phenoxy) is 2. The van der Waals surface area contributed by atoms with E-state index in [2.05, 4.69) is 0 Å². The van der Waals surface area contributed by atoms with Crippen molar-refractivity contribution >= 4 is 17.4 Å². The molecular weight excluding hydrogens is 506 g/mol. The molecule has 0 radical (unpaired) electrons. The summed E-state index contributed by atoms with van der Waals surface area (Å²) in [6, 6.07) is 24.9. The van der Waals surface area contributed by atoms with Crippen molar-refractivity contribution in [1.82, 2.24) is 4.90 Å². The van der Waals surface area contributed by atoms with Gasteiger partial charge in [0.25, 0.3) is 11.7 Å². The van der Waals surface area contributed by atoms with Crippen LogP contribution in [0.1, 0.15) is 47.9 Å². The van der Waals surface area contributed by atoms with Crippen molar-refractivity contribution in [1.29, 1.82) is 0 Å². The van der Waals surface area contributed by atoms with Crippen molar-refractivity contribution in [2.45, 2.75) is 46.1 Å². The van der Waals surface area contributed by atoms with Gasteiger partial charge in [0.2, 0.25) is 0 Å².